The summed E-state index contributed by atoms with van der Waals surface area (Å²) in [6.45, 7) is 2.36. The average Bonchev–Trinajstić information content (AvgIpc) is 2.72. The number of rotatable bonds is 3. The number of halogens is 4. The molecule has 2 rings (SSSR count). The minimum atomic E-state index is -4.65. The van der Waals surface area contributed by atoms with Gasteiger partial charge in [-0.15, -0.1) is 13.2 Å². The molecule has 1 aliphatic heterocycles. The lowest BCUT2D eigenvalue weighted by Crippen LogP contribution is -2.22. The Labute approximate surface area is 112 Å². The molecule has 18 heavy (non-hydrogen) atoms. The van der Waals surface area contributed by atoms with Crippen molar-refractivity contribution in [1.82, 2.24) is 4.90 Å². The molecule has 2 nitrogen and oxygen atoms in total. The maximum absolute atomic E-state index is 12.3. The molecule has 0 atom stereocenters. The highest BCUT2D eigenvalue weighted by Gasteiger charge is 2.32. The summed E-state index contributed by atoms with van der Waals surface area (Å²) >= 11 is 3.16. The zero-order chi connectivity index (χ0) is 13.2. The van der Waals surface area contributed by atoms with Crippen LogP contribution in [0.1, 0.15) is 18.4 Å². The third kappa shape index (κ3) is 3.88. The van der Waals surface area contributed by atoms with Crippen molar-refractivity contribution in [3.8, 4) is 5.75 Å². The molecule has 0 spiro atoms. The van der Waals surface area contributed by atoms with Gasteiger partial charge in [-0.25, -0.2) is 0 Å². The molecule has 0 aliphatic carbocycles. The van der Waals surface area contributed by atoms with Gasteiger partial charge in [-0.1, -0.05) is 22.0 Å². The van der Waals surface area contributed by atoms with Gasteiger partial charge < -0.3 is 4.74 Å². The van der Waals surface area contributed by atoms with Gasteiger partial charge in [-0.05, 0) is 38.1 Å². The van der Waals surface area contributed by atoms with Crippen molar-refractivity contribution in [2.45, 2.75) is 25.7 Å². The number of ether oxygens (including phenoxy) is 1. The van der Waals surface area contributed by atoms with Gasteiger partial charge >= 0.3 is 6.36 Å². The van der Waals surface area contributed by atoms with Crippen molar-refractivity contribution >= 4 is 15.9 Å². The first kappa shape index (κ1) is 13.7. The lowest BCUT2D eigenvalue weighted by atomic mass is 10.2. The van der Waals surface area contributed by atoms with Gasteiger partial charge in [-0.2, -0.15) is 0 Å². The van der Waals surface area contributed by atoms with Gasteiger partial charge in [0.2, 0.25) is 0 Å². The van der Waals surface area contributed by atoms with E-state index in [4.69, 9.17) is 0 Å². The first-order valence-electron chi connectivity index (χ1n) is 5.70. The van der Waals surface area contributed by atoms with Crippen LogP contribution in [-0.4, -0.2) is 24.4 Å². The molecule has 0 bridgehead atoms. The summed E-state index contributed by atoms with van der Waals surface area (Å²) in [5.41, 5.74) is 0.567. The van der Waals surface area contributed by atoms with Gasteiger partial charge in [0.15, 0.2) is 0 Å². The zero-order valence-electron chi connectivity index (χ0n) is 9.63. The second-order valence-electron chi connectivity index (χ2n) is 4.28. The minimum Gasteiger partial charge on any atom is -0.405 e. The van der Waals surface area contributed by atoms with Crippen LogP contribution in [0.5, 0.6) is 5.75 Å². The Morgan fingerprint density at radius 3 is 2.50 bits per heavy atom. The minimum absolute atomic E-state index is 0.122. The number of benzene rings is 1. The Balaban J connectivity index is 2.16. The van der Waals surface area contributed by atoms with E-state index < -0.39 is 6.36 Å². The molecular formula is C12H13BrF3NO. The van der Waals surface area contributed by atoms with E-state index in [1.54, 1.807) is 12.1 Å². The van der Waals surface area contributed by atoms with Gasteiger partial charge in [0.05, 0.1) is 0 Å². The average molecular weight is 324 g/mol. The Kier molecular flexibility index (Phi) is 4.17. The van der Waals surface area contributed by atoms with Crippen molar-refractivity contribution in [2.75, 3.05) is 13.1 Å². The summed E-state index contributed by atoms with van der Waals surface area (Å²) in [4.78, 5) is 2.13. The van der Waals surface area contributed by atoms with Gasteiger partial charge in [0.25, 0.3) is 0 Å². The van der Waals surface area contributed by atoms with Gasteiger partial charge in [0.1, 0.15) is 5.75 Å². The molecule has 100 valence electrons. The van der Waals surface area contributed by atoms with E-state index in [2.05, 4.69) is 25.6 Å². The summed E-state index contributed by atoms with van der Waals surface area (Å²) in [5, 5.41) is 0. The van der Waals surface area contributed by atoms with Crippen molar-refractivity contribution in [1.29, 1.82) is 0 Å². The molecule has 1 heterocycles. The lowest BCUT2D eigenvalue weighted by molar-refractivity contribution is -0.275. The highest BCUT2D eigenvalue weighted by molar-refractivity contribution is 9.10. The lowest BCUT2D eigenvalue weighted by Gasteiger charge is -2.18. The molecule has 1 fully saturated rings. The first-order valence-corrected chi connectivity index (χ1v) is 6.50. The second kappa shape index (κ2) is 5.48. The zero-order valence-corrected chi connectivity index (χ0v) is 11.2. The summed E-state index contributed by atoms with van der Waals surface area (Å²) in [6, 6.07) is 4.76. The molecule has 0 aromatic heterocycles. The maximum atomic E-state index is 12.3. The van der Waals surface area contributed by atoms with Crippen LogP contribution in [0.4, 0.5) is 13.2 Å². The normalized spacial score (nSPS) is 17.1. The molecule has 1 aliphatic rings. The largest absolute Gasteiger partial charge is 0.573 e. The predicted molar refractivity (Wildman–Crippen MR) is 65.3 cm³/mol. The first-order chi connectivity index (χ1) is 8.44. The van der Waals surface area contributed by atoms with Crippen LogP contribution in [0.25, 0.3) is 0 Å². The van der Waals surface area contributed by atoms with Crippen LogP contribution in [-0.2, 0) is 6.54 Å². The van der Waals surface area contributed by atoms with Crippen LogP contribution in [0.15, 0.2) is 22.7 Å². The van der Waals surface area contributed by atoms with Crippen LogP contribution >= 0.6 is 15.9 Å². The number of alkyl halides is 3. The fraction of sp³-hybridized carbons (Fsp3) is 0.500. The van der Waals surface area contributed by atoms with Crippen LogP contribution in [0.3, 0.4) is 0 Å². The highest BCUT2D eigenvalue weighted by Crippen LogP contribution is 2.30. The number of nitrogens with zero attached hydrogens (tertiary/aromatic N) is 1. The van der Waals surface area contributed by atoms with E-state index in [-0.39, 0.29) is 5.75 Å². The predicted octanol–water partition coefficient (Wildman–Crippen LogP) is 3.94. The van der Waals surface area contributed by atoms with Crippen LogP contribution in [0, 0.1) is 0 Å². The molecule has 1 aromatic rings. The Morgan fingerprint density at radius 2 is 1.89 bits per heavy atom. The third-order valence-electron chi connectivity index (χ3n) is 2.85. The molecule has 0 unspecified atom stereocenters. The summed E-state index contributed by atoms with van der Waals surface area (Å²) in [7, 11) is 0. The molecule has 0 radical (unpaired) electrons. The molecule has 0 amide bonds. The molecule has 6 heteroatoms. The topological polar surface area (TPSA) is 12.5 Å². The van der Waals surface area contributed by atoms with E-state index in [1.165, 1.54) is 6.07 Å². The fourth-order valence-corrected chi connectivity index (χ4v) is 2.40. The second-order valence-corrected chi connectivity index (χ2v) is 5.20. The summed E-state index contributed by atoms with van der Waals surface area (Å²) in [6.07, 6.45) is -2.45. The van der Waals surface area contributed by atoms with E-state index in [9.17, 15) is 13.2 Å². The molecular weight excluding hydrogens is 311 g/mol. The van der Waals surface area contributed by atoms with Crippen molar-refractivity contribution in [3.05, 3.63) is 28.2 Å². The van der Waals surface area contributed by atoms with E-state index in [0.717, 1.165) is 25.9 Å². The number of likely N-dealkylation sites (tertiary alicyclic amines) is 1. The van der Waals surface area contributed by atoms with Crippen LogP contribution < -0.4 is 4.74 Å². The smallest absolute Gasteiger partial charge is 0.405 e. The van der Waals surface area contributed by atoms with E-state index in [1.807, 2.05) is 0 Å². The summed E-state index contributed by atoms with van der Waals surface area (Å²) in [5.74, 6) is -0.122. The fourth-order valence-electron chi connectivity index (χ4n) is 2.06. The molecule has 0 N–H and O–H groups in total. The quantitative estimate of drug-likeness (QED) is 0.835. The number of hydrogen-bond acceptors (Lipinski definition) is 2. The Bertz CT molecular complexity index is 416. The van der Waals surface area contributed by atoms with E-state index in [0.29, 0.717) is 16.6 Å². The number of hydrogen-bond donors (Lipinski definition) is 0. The standard InChI is InChI=1S/C12H13BrF3NO/c13-10-4-3-9(8-17-5-1-2-6-17)11(7-10)18-12(14,15)16/h3-4,7H,1-2,5-6,8H2. The maximum Gasteiger partial charge on any atom is 0.573 e. The van der Waals surface area contributed by atoms with Crippen LogP contribution in [0.2, 0.25) is 0 Å². The van der Waals surface area contributed by atoms with Gasteiger partial charge in [-0.3, -0.25) is 4.90 Å². The van der Waals surface area contributed by atoms with Crippen molar-refractivity contribution in [2.24, 2.45) is 0 Å². The monoisotopic (exact) mass is 323 g/mol. The summed E-state index contributed by atoms with van der Waals surface area (Å²) < 4.78 is 41.6. The Morgan fingerprint density at radius 1 is 1.22 bits per heavy atom. The Hall–Kier alpha value is -0.750. The molecule has 1 saturated heterocycles. The van der Waals surface area contributed by atoms with E-state index >= 15 is 0 Å². The van der Waals surface area contributed by atoms with Crippen molar-refractivity contribution < 1.29 is 17.9 Å². The SMILES string of the molecule is FC(F)(F)Oc1cc(Br)ccc1CN1CCCC1. The molecule has 1 aromatic carbocycles. The highest BCUT2D eigenvalue weighted by atomic mass is 79.9. The van der Waals surface area contributed by atoms with Gasteiger partial charge in [0, 0.05) is 16.6 Å². The molecule has 0 saturated carbocycles. The van der Waals surface area contributed by atoms with Crippen molar-refractivity contribution in [3.63, 3.8) is 0 Å². The third-order valence-corrected chi connectivity index (χ3v) is 3.34.